The standard InChI is InChI=1S/C41H55FN8O3/c1-6-36-33(37(47-31-14-18-53-19-15-31)34-24-46-50(8-3)38(34)48-36)23-45-40(52)41(5,7-2)39(51)44-22-28-12-13-35(42)32(21-28)30-11-9-10-29(20-30)26-49-17-16-43-27(4)25-49/h9-13,20-21,24,27,31,43H,6-8,14-19,22-23,25-26H2,1-5H3,(H,44,51)(H,45,52)(H,47,48)/t27-,41?/m0/s1. The zero-order valence-electron chi connectivity index (χ0n) is 31.9. The van der Waals surface area contributed by atoms with Crippen molar-refractivity contribution < 1.29 is 18.7 Å². The Labute approximate surface area is 312 Å². The number of rotatable bonds is 14. The molecule has 0 radical (unpaired) electrons. The quantitative estimate of drug-likeness (QED) is 0.125. The molecule has 2 aromatic carbocycles. The molecule has 12 heteroatoms. The van der Waals surface area contributed by atoms with Gasteiger partial charge in [-0.25, -0.2) is 14.1 Å². The summed E-state index contributed by atoms with van der Waals surface area (Å²) in [4.78, 5) is 35.1. The number of carbonyl (C=O) groups excluding carboxylic acids is 2. The van der Waals surface area contributed by atoms with Gasteiger partial charge in [-0.15, -0.1) is 0 Å². The molecule has 284 valence electrons. The highest BCUT2D eigenvalue weighted by atomic mass is 19.1. The predicted molar refractivity (Wildman–Crippen MR) is 207 cm³/mol. The van der Waals surface area contributed by atoms with E-state index in [0.29, 0.717) is 44.2 Å². The highest BCUT2D eigenvalue weighted by Crippen LogP contribution is 2.32. The number of piperazine rings is 1. The van der Waals surface area contributed by atoms with E-state index in [1.54, 1.807) is 19.1 Å². The Bertz CT molecular complexity index is 1910. The van der Waals surface area contributed by atoms with E-state index in [0.717, 1.165) is 83.7 Å². The summed E-state index contributed by atoms with van der Waals surface area (Å²) in [5.41, 5.74) is 5.34. The molecule has 11 nitrogen and oxygen atoms in total. The zero-order valence-corrected chi connectivity index (χ0v) is 31.9. The van der Waals surface area contributed by atoms with Crippen molar-refractivity contribution in [3.05, 3.63) is 76.9 Å². The minimum atomic E-state index is -1.33. The number of amides is 2. The molecule has 0 aliphatic carbocycles. The third-order valence-corrected chi connectivity index (χ3v) is 10.9. The lowest BCUT2D eigenvalue weighted by Gasteiger charge is -2.31. The average Bonchev–Trinajstić information content (AvgIpc) is 3.59. The number of fused-ring (bicyclic) bond motifs is 1. The first kappa shape index (κ1) is 38.3. The summed E-state index contributed by atoms with van der Waals surface area (Å²) in [5, 5.41) is 18.8. The molecule has 2 aliphatic heterocycles. The van der Waals surface area contributed by atoms with Crippen molar-refractivity contribution in [2.24, 2.45) is 5.41 Å². The number of ether oxygens (including phenoxy) is 1. The van der Waals surface area contributed by atoms with Gasteiger partial charge >= 0.3 is 0 Å². The average molecular weight is 727 g/mol. The molecule has 6 rings (SSSR count). The fourth-order valence-electron chi connectivity index (χ4n) is 7.42. The van der Waals surface area contributed by atoms with Crippen molar-refractivity contribution in [3.63, 3.8) is 0 Å². The Hall–Kier alpha value is -4.39. The molecule has 2 aromatic heterocycles. The molecule has 53 heavy (non-hydrogen) atoms. The number of nitrogens with zero attached hydrogens (tertiary/aromatic N) is 4. The number of hydrogen-bond donors (Lipinski definition) is 4. The van der Waals surface area contributed by atoms with Crippen LogP contribution in [0.25, 0.3) is 22.2 Å². The van der Waals surface area contributed by atoms with E-state index < -0.39 is 5.41 Å². The largest absolute Gasteiger partial charge is 0.381 e. The second-order valence-corrected chi connectivity index (χ2v) is 14.7. The van der Waals surface area contributed by atoms with E-state index in [-0.39, 0.29) is 36.8 Å². The van der Waals surface area contributed by atoms with Crippen LogP contribution in [0.1, 0.15) is 76.3 Å². The van der Waals surface area contributed by atoms with Crippen LogP contribution in [0.15, 0.2) is 48.7 Å². The van der Waals surface area contributed by atoms with Crippen molar-refractivity contribution in [3.8, 4) is 11.1 Å². The second kappa shape index (κ2) is 17.2. The first-order chi connectivity index (χ1) is 25.6. The summed E-state index contributed by atoms with van der Waals surface area (Å²) in [6.45, 7) is 15.9. The molecule has 0 bridgehead atoms. The van der Waals surface area contributed by atoms with Crippen molar-refractivity contribution in [1.82, 2.24) is 35.6 Å². The monoisotopic (exact) mass is 726 g/mol. The summed E-state index contributed by atoms with van der Waals surface area (Å²) in [6, 6.07) is 13.6. The molecule has 2 aliphatic rings. The molecule has 2 fully saturated rings. The normalized spacial score (nSPS) is 18.1. The number of hydrogen-bond acceptors (Lipinski definition) is 8. The van der Waals surface area contributed by atoms with Crippen LogP contribution in [0.3, 0.4) is 0 Å². The Balaban J connectivity index is 1.15. The number of benzene rings is 2. The van der Waals surface area contributed by atoms with Gasteiger partial charge in [0.2, 0.25) is 11.8 Å². The van der Waals surface area contributed by atoms with Gasteiger partial charge in [-0.3, -0.25) is 14.5 Å². The SMILES string of the molecule is CCc1nc2c(cnn2CC)c(NC2CCOCC2)c1CNC(=O)C(C)(CC)C(=O)NCc1ccc(F)c(-c2cccc(CN3CCN[C@@H](C)C3)c2)c1. The Kier molecular flexibility index (Phi) is 12.4. The van der Waals surface area contributed by atoms with Gasteiger partial charge in [0, 0.05) is 87.9 Å². The van der Waals surface area contributed by atoms with E-state index in [2.05, 4.69) is 51.2 Å². The number of nitrogens with one attached hydrogen (secondary N) is 4. The van der Waals surface area contributed by atoms with Crippen LogP contribution in [0.5, 0.6) is 0 Å². The lowest BCUT2D eigenvalue weighted by molar-refractivity contribution is -0.143. The molecule has 0 saturated carbocycles. The van der Waals surface area contributed by atoms with E-state index in [4.69, 9.17) is 9.72 Å². The minimum Gasteiger partial charge on any atom is -0.381 e. The molecule has 2 amide bonds. The number of aryl methyl sites for hydroxylation is 2. The first-order valence-corrected chi connectivity index (χ1v) is 19.2. The maximum Gasteiger partial charge on any atom is 0.235 e. The van der Waals surface area contributed by atoms with Crippen molar-refractivity contribution in [1.29, 1.82) is 0 Å². The Morgan fingerprint density at radius 3 is 2.53 bits per heavy atom. The van der Waals surface area contributed by atoms with Crippen molar-refractivity contribution in [2.45, 2.75) is 98.6 Å². The summed E-state index contributed by atoms with van der Waals surface area (Å²) in [5.74, 6) is -1.07. The van der Waals surface area contributed by atoms with Crippen LogP contribution in [0, 0.1) is 11.2 Å². The molecule has 4 N–H and O–H groups in total. The number of pyridine rings is 1. The molecule has 1 unspecified atom stereocenters. The fraction of sp³-hybridized carbons (Fsp3) is 0.512. The second-order valence-electron chi connectivity index (χ2n) is 14.7. The number of carbonyl (C=O) groups is 2. The summed E-state index contributed by atoms with van der Waals surface area (Å²) in [6.07, 6.45) is 4.57. The number of halogens is 1. The van der Waals surface area contributed by atoms with Gasteiger partial charge in [-0.1, -0.05) is 38.1 Å². The van der Waals surface area contributed by atoms with Gasteiger partial charge in [-0.05, 0) is 81.3 Å². The third-order valence-electron chi connectivity index (χ3n) is 10.9. The number of aromatic nitrogens is 3. The number of anilines is 1. The van der Waals surface area contributed by atoms with E-state index in [1.807, 2.05) is 42.9 Å². The fourth-order valence-corrected chi connectivity index (χ4v) is 7.42. The van der Waals surface area contributed by atoms with Gasteiger partial charge in [0.1, 0.15) is 11.2 Å². The van der Waals surface area contributed by atoms with E-state index in [1.165, 1.54) is 6.07 Å². The van der Waals surface area contributed by atoms with E-state index >= 15 is 4.39 Å². The molecular formula is C41H55FN8O3. The molecule has 4 heterocycles. The third kappa shape index (κ3) is 8.71. The predicted octanol–water partition coefficient (Wildman–Crippen LogP) is 5.55. The maximum atomic E-state index is 15.2. The summed E-state index contributed by atoms with van der Waals surface area (Å²) >= 11 is 0. The first-order valence-electron chi connectivity index (χ1n) is 19.2. The van der Waals surface area contributed by atoms with Crippen LogP contribution in [0.4, 0.5) is 10.1 Å². The highest BCUT2D eigenvalue weighted by Gasteiger charge is 2.39. The van der Waals surface area contributed by atoms with Gasteiger partial charge in [0.25, 0.3) is 0 Å². The van der Waals surface area contributed by atoms with Crippen LogP contribution >= 0.6 is 0 Å². The van der Waals surface area contributed by atoms with Crippen molar-refractivity contribution in [2.75, 3.05) is 38.2 Å². The van der Waals surface area contributed by atoms with Crippen LogP contribution in [0.2, 0.25) is 0 Å². The van der Waals surface area contributed by atoms with Gasteiger partial charge in [-0.2, -0.15) is 5.10 Å². The van der Waals surface area contributed by atoms with Gasteiger partial charge in [0.15, 0.2) is 5.65 Å². The lowest BCUT2D eigenvalue weighted by Crippen LogP contribution is -2.49. The Morgan fingerprint density at radius 1 is 1.04 bits per heavy atom. The topological polar surface area (TPSA) is 125 Å². The van der Waals surface area contributed by atoms with Crippen LogP contribution in [-0.2, 0) is 46.9 Å². The highest BCUT2D eigenvalue weighted by molar-refractivity contribution is 6.04. The van der Waals surface area contributed by atoms with Crippen LogP contribution in [-0.4, -0.2) is 76.4 Å². The molecule has 2 atom stereocenters. The van der Waals surface area contributed by atoms with Crippen molar-refractivity contribution >= 4 is 28.5 Å². The minimum absolute atomic E-state index is 0.161. The molecule has 0 spiro atoms. The molecular weight excluding hydrogens is 672 g/mol. The van der Waals surface area contributed by atoms with Gasteiger partial charge in [0.05, 0.1) is 17.3 Å². The smallest absolute Gasteiger partial charge is 0.235 e. The maximum absolute atomic E-state index is 15.2. The Morgan fingerprint density at radius 2 is 1.81 bits per heavy atom. The molecule has 4 aromatic rings. The lowest BCUT2D eigenvalue weighted by atomic mass is 9.85. The summed E-state index contributed by atoms with van der Waals surface area (Å²) in [7, 11) is 0. The van der Waals surface area contributed by atoms with E-state index in [9.17, 15) is 9.59 Å². The van der Waals surface area contributed by atoms with Crippen LogP contribution < -0.4 is 21.3 Å². The zero-order chi connectivity index (χ0) is 37.5. The summed E-state index contributed by atoms with van der Waals surface area (Å²) < 4.78 is 22.7. The molecule has 2 saturated heterocycles. The van der Waals surface area contributed by atoms with Gasteiger partial charge < -0.3 is 26.0 Å².